The molecule has 1 aromatic heterocycles. The first-order valence-corrected chi connectivity index (χ1v) is 6.77. The molecule has 1 saturated heterocycles. The minimum Gasteiger partial charge on any atom is -0.455 e. The molecule has 0 aliphatic carbocycles. The van der Waals surface area contributed by atoms with Crippen LogP contribution in [-0.2, 0) is 6.54 Å². The number of nitrogens with zero attached hydrogens (tertiary/aromatic N) is 2. The molecule has 1 fully saturated rings. The van der Waals surface area contributed by atoms with E-state index in [9.17, 15) is 4.79 Å². The normalized spacial score (nSPS) is 17.6. The van der Waals surface area contributed by atoms with Gasteiger partial charge in [-0.3, -0.25) is 15.1 Å². The molecule has 0 atom stereocenters. The highest BCUT2D eigenvalue weighted by Crippen LogP contribution is 2.12. The molecule has 0 spiro atoms. The standard InChI is InChI=1S/C13H22N4O2/c1-2-5-16-6-8-17(9-7-16)10-11-3-4-12(19-11)13(18)15-14/h3-4H,2,5-10,14H2,1H3,(H,15,18). The molecular formula is C13H22N4O2. The summed E-state index contributed by atoms with van der Waals surface area (Å²) < 4.78 is 5.47. The number of rotatable bonds is 5. The van der Waals surface area contributed by atoms with Crippen molar-refractivity contribution in [1.82, 2.24) is 15.2 Å². The van der Waals surface area contributed by atoms with Crippen LogP contribution in [0.5, 0.6) is 0 Å². The molecule has 0 bridgehead atoms. The van der Waals surface area contributed by atoms with Crippen LogP contribution in [0.4, 0.5) is 0 Å². The van der Waals surface area contributed by atoms with Crippen LogP contribution in [0.1, 0.15) is 29.7 Å². The molecule has 0 saturated carbocycles. The first-order chi connectivity index (χ1) is 9.22. The Morgan fingerprint density at radius 2 is 2.00 bits per heavy atom. The fraction of sp³-hybridized carbons (Fsp3) is 0.615. The van der Waals surface area contributed by atoms with Gasteiger partial charge in [-0.05, 0) is 25.1 Å². The van der Waals surface area contributed by atoms with Gasteiger partial charge in [0.25, 0.3) is 0 Å². The smallest absolute Gasteiger partial charge is 0.300 e. The number of carbonyl (C=O) groups excluding carboxylic acids is 1. The van der Waals surface area contributed by atoms with Crippen LogP contribution >= 0.6 is 0 Å². The Labute approximate surface area is 113 Å². The summed E-state index contributed by atoms with van der Waals surface area (Å²) in [6.07, 6.45) is 1.20. The van der Waals surface area contributed by atoms with Crippen molar-refractivity contribution < 1.29 is 9.21 Å². The Bertz CT molecular complexity index is 411. The first kappa shape index (κ1) is 14.0. The first-order valence-electron chi connectivity index (χ1n) is 6.77. The highest BCUT2D eigenvalue weighted by Gasteiger charge is 2.18. The van der Waals surface area contributed by atoms with Crippen LogP contribution in [0.25, 0.3) is 0 Å². The molecule has 106 valence electrons. The summed E-state index contributed by atoms with van der Waals surface area (Å²) in [7, 11) is 0. The van der Waals surface area contributed by atoms with Crippen molar-refractivity contribution in [2.24, 2.45) is 5.84 Å². The van der Waals surface area contributed by atoms with Crippen molar-refractivity contribution in [3.63, 3.8) is 0 Å². The van der Waals surface area contributed by atoms with Crippen LogP contribution in [-0.4, -0.2) is 48.4 Å². The number of hydrogen-bond donors (Lipinski definition) is 2. The lowest BCUT2D eigenvalue weighted by Gasteiger charge is -2.33. The molecule has 0 aromatic carbocycles. The minimum absolute atomic E-state index is 0.266. The summed E-state index contributed by atoms with van der Waals surface area (Å²) in [6.45, 7) is 8.42. The summed E-state index contributed by atoms with van der Waals surface area (Å²) >= 11 is 0. The summed E-state index contributed by atoms with van der Waals surface area (Å²) in [5.41, 5.74) is 2.07. The number of nitrogens with one attached hydrogen (secondary N) is 1. The lowest BCUT2D eigenvalue weighted by molar-refractivity contribution is 0.0916. The van der Waals surface area contributed by atoms with Gasteiger partial charge in [0.15, 0.2) is 5.76 Å². The van der Waals surface area contributed by atoms with Crippen LogP contribution in [0.15, 0.2) is 16.5 Å². The highest BCUT2D eigenvalue weighted by molar-refractivity contribution is 5.90. The third kappa shape index (κ3) is 3.79. The Kier molecular flexibility index (Phi) is 4.95. The van der Waals surface area contributed by atoms with Crippen molar-refractivity contribution >= 4 is 5.91 Å². The fourth-order valence-corrected chi connectivity index (χ4v) is 2.36. The molecular weight excluding hydrogens is 244 g/mol. The Morgan fingerprint density at radius 3 is 2.63 bits per heavy atom. The number of nitrogens with two attached hydrogens (primary N) is 1. The number of hydrogen-bond acceptors (Lipinski definition) is 5. The predicted octanol–water partition coefficient (Wildman–Crippen LogP) is 0.411. The second kappa shape index (κ2) is 6.70. The summed E-state index contributed by atoms with van der Waals surface area (Å²) in [5.74, 6) is 5.75. The largest absolute Gasteiger partial charge is 0.455 e. The third-order valence-electron chi connectivity index (χ3n) is 3.40. The Hall–Kier alpha value is -1.37. The maximum absolute atomic E-state index is 11.3. The molecule has 2 rings (SSSR count). The number of carbonyl (C=O) groups is 1. The molecule has 1 amide bonds. The van der Waals surface area contributed by atoms with Gasteiger partial charge in [0, 0.05) is 26.2 Å². The van der Waals surface area contributed by atoms with Crippen molar-refractivity contribution in [2.45, 2.75) is 19.9 Å². The van der Waals surface area contributed by atoms with Gasteiger partial charge in [0.2, 0.25) is 0 Å². The van der Waals surface area contributed by atoms with E-state index in [4.69, 9.17) is 10.3 Å². The van der Waals surface area contributed by atoms with E-state index in [0.29, 0.717) is 0 Å². The van der Waals surface area contributed by atoms with Gasteiger partial charge in [0.1, 0.15) is 5.76 Å². The van der Waals surface area contributed by atoms with Crippen LogP contribution in [0.3, 0.4) is 0 Å². The third-order valence-corrected chi connectivity index (χ3v) is 3.40. The molecule has 19 heavy (non-hydrogen) atoms. The maximum Gasteiger partial charge on any atom is 0.300 e. The number of nitrogen functional groups attached to an aromatic ring is 1. The Balaban J connectivity index is 1.82. The van der Waals surface area contributed by atoms with Gasteiger partial charge >= 0.3 is 5.91 Å². The van der Waals surface area contributed by atoms with Gasteiger partial charge in [-0.15, -0.1) is 0 Å². The quantitative estimate of drug-likeness (QED) is 0.459. The van der Waals surface area contributed by atoms with E-state index in [1.54, 1.807) is 6.07 Å². The van der Waals surface area contributed by atoms with Gasteiger partial charge < -0.3 is 9.32 Å². The molecule has 3 N–H and O–H groups in total. The van der Waals surface area contributed by atoms with E-state index in [0.717, 1.165) is 38.5 Å². The molecule has 0 unspecified atom stereocenters. The van der Waals surface area contributed by atoms with Gasteiger partial charge in [-0.1, -0.05) is 6.92 Å². The van der Waals surface area contributed by atoms with Crippen LogP contribution in [0, 0.1) is 0 Å². The van der Waals surface area contributed by atoms with E-state index in [1.165, 1.54) is 13.0 Å². The molecule has 6 nitrogen and oxygen atoms in total. The highest BCUT2D eigenvalue weighted by atomic mass is 16.4. The average molecular weight is 266 g/mol. The molecule has 0 radical (unpaired) electrons. The SMILES string of the molecule is CCCN1CCN(Cc2ccc(C(=O)NN)o2)CC1. The second-order valence-corrected chi connectivity index (χ2v) is 4.86. The molecule has 2 heterocycles. The summed E-state index contributed by atoms with van der Waals surface area (Å²) in [5, 5.41) is 0. The number of amides is 1. The van der Waals surface area contributed by atoms with Crippen molar-refractivity contribution in [3.05, 3.63) is 23.7 Å². The van der Waals surface area contributed by atoms with Gasteiger partial charge in [-0.25, -0.2) is 5.84 Å². The molecule has 1 aliphatic heterocycles. The zero-order valence-corrected chi connectivity index (χ0v) is 11.4. The number of hydrazine groups is 1. The fourth-order valence-electron chi connectivity index (χ4n) is 2.36. The lowest BCUT2D eigenvalue weighted by atomic mass is 10.3. The average Bonchev–Trinajstić information content (AvgIpc) is 2.89. The number of furan rings is 1. The molecule has 6 heteroatoms. The number of piperazine rings is 1. The predicted molar refractivity (Wildman–Crippen MR) is 72.4 cm³/mol. The van der Waals surface area contributed by atoms with Crippen molar-refractivity contribution in [1.29, 1.82) is 0 Å². The van der Waals surface area contributed by atoms with Crippen molar-refractivity contribution in [2.75, 3.05) is 32.7 Å². The van der Waals surface area contributed by atoms with E-state index in [1.807, 2.05) is 6.07 Å². The Morgan fingerprint density at radius 1 is 1.32 bits per heavy atom. The summed E-state index contributed by atoms with van der Waals surface area (Å²) in [4.78, 5) is 16.1. The zero-order valence-electron chi connectivity index (χ0n) is 11.4. The van der Waals surface area contributed by atoms with Gasteiger partial charge in [-0.2, -0.15) is 0 Å². The van der Waals surface area contributed by atoms with Gasteiger partial charge in [0.05, 0.1) is 6.54 Å². The van der Waals surface area contributed by atoms with E-state index >= 15 is 0 Å². The maximum atomic E-state index is 11.3. The van der Waals surface area contributed by atoms with Crippen LogP contribution < -0.4 is 11.3 Å². The van der Waals surface area contributed by atoms with E-state index in [-0.39, 0.29) is 11.7 Å². The minimum atomic E-state index is -0.390. The topological polar surface area (TPSA) is 74.7 Å². The van der Waals surface area contributed by atoms with E-state index < -0.39 is 0 Å². The van der Waals surface area contributed by atoms with E-state index in [2.05, 4.69) is 22.1 Å². The molecule has 1 aliphatic rings. The zero-order chi connectivity index (χ0) is 13.7. The van der Waals surface area contributed by atoms with Crippen LogP contribution in [0.2, 0.25) is 0 Å². The van der Waals surface area contributed by atoms with Crippen molar-refractivity contribution in [3.8, 4) is 0 Å². The molecule has 1 aromatic rings. The lowest BCUT2D eigenvalue weighted by Crippen LogP contribution is -2.45. The second-order valence-electron chi connectivity index (χ2n) is 4.86. The monoisotopic (exact) mass is 266 g/mol. The summed E-state index contributed by atoms with van der Waals surface area (Å²) in [6, 6.07) is 3.49.